The standard InChI is InChI=1S/C50H33Cl2N7O6/c1-26-21-30(51)11-19-41(26)53-47(62)39-23-28-7-3-5-9-35(28)43(45(39)60)57-55-32-13-16-34(17-14-32)59-49(64)37-18-15-33(25-38(37)50(59)65)56-58-44-36-10-6-4-8-29(36)24-40(46(44)61)48(63)54-42-20-12-31(52)22-27(42)2/h3-25,60-61H,1-2H3,(H,53,62)(H,54,63). The van der Waals surface area contributed by atoms with E-state index in [-0.39, 0.29) is 50.8 Å². The van der Waals surface area contributed by atoms with Crippen LogP contribution in [0, 0.1) is 13.8 Å². The number of hydrogen-bond donors (Lipinski definition) is 4. The predicted octanol–water partition coefficient (Wildman–Crippen LogP) is 13.5. The number of carbonyl (C=O) groups is 4. The number of phenols is 2. The van der Waals surface area contributed by atoms with Crippen molar-refractivity contribution in [3.05, 3.63) is 183 Å². The van der Waals surface area contributed by atoms with Gasteiger partial charge in [0.2, 0.25) is 0 Å². The number of anilines is 3. The number of benzene rings is 8. The van der Waals surface area contributed by atoms with Gasteiger partial charge < -0.3 is 20.8 Å². The first kappa shape index (κ1) is 42.1. The van der Waals surface area contributed by atoms with E-state index in [1.165, 1.54) is 30.3 Å². The molecule has 4 amide bonds. The lowest BCUT2D eigenvalue weighted by atomic mass is 10.0. The molecule has 4 N–H and O–H groups in total. The number of aryl methyl sites for hydroxylation is 2. The first-order valence-corrected chi connectivity index (χ1v) is 20.7. The van der Waals surface area contributed by atoms with Crippen LogP contribution in [0.2, 0.25) is 10.0 Å². The van der Waals surface area contributed by atoms with Crippen molar-refractivity contribution in [2.24, 2.45) is 20.5 Å². The SMILES string of the molecule is Cc1cc(Cl)ccc1NC(=O)c1cc2ccccc2c(N=Nc2ccc(N3C(=O)c4ccc(N=Nc5c(O)c(C(=O)Nc6ccc(Cl)cc6C)cc6ccccc56)cc4C3=O)cc2)c1O. The molecule has 8 aromatic carbocycles. The molecule has 1 aliphatic heterocycles. The Labute approximate surface area is 380 Å². The Kier molecular flexibility index (Phi) is 11.1. The normalized spacial score (nSPS) is 12.5. The van der Waals surface area contributed by atoms with E-state index in [9.17, 15) is 29.4 Å². The molecule has 0 aliphatic carbocycles. The molecule has 0 unspecified atom stereocenters. The number of halogens is 2. The average molecular weight is 899 g/mol. The molecule has 15 heteroatoms. The van der Waals surface area contributed by atoms with Gasteiger partial charge in [0.1, 0.15) is 11.4 Å². The van der Waals surface area contributed by atoms with Gasteiger partial charge >= 0.3 is 0 Å². The van der Waals surface area contributed by atoms with Crippen molar-refractivity contribution in [3.63, 3.8) is 0 Å². The predicted molar refractivity (Wildman–Crippen MR) is 252 cm³/mol. The van der Waals surface area contributed by atoms with Gasteiger partial charge in [0, 0.05) is 32.2 Å². The zero-order valence-electron chi connectivity index (χ0n) is 34.3. The molecule has 13 nitrogen and oxygen atoms in total. The third kappa shape index (κ3) is 8.13. The second-order valence-corrected chi connectivity index (χ2v) is 16.0. The van der Waals surface area contributed by atoms with Gasteiger partial charge in [-0.3, -0.25) is 19.2 Å². The number of nitrogens with zero attached hydrogens (tertiary/aromatic N) is 5. The Morgan fingerprint density at radius 2 is 0.985 bits per heavy atom. The van der Waals surface area contributed by atoms with Crippen molar-refractivity contribution in [2.45, 2.75) is 13.8 Å². The maximum atomic E-state index is 13.8. The van der Waals surface area contributed by atoms with Crippen LogP contribution in [0.3, 0.4) is 0 Å². The highest BCUT2D eigenvalue weighted by Crippen LogP contribution is 2.42. The van der Waals surface area contributed by atoms with Crippen molar-refractivity contribution in [3.8, 4) is 11.5 Å². The number of carbonyl (C=O) groups excluding carboxylic acids is 4. The minimum absolute atomic E-state index is 0.0104. The Balaban J connectivity index is 0.950. The van der Waals surface area contributed by atoms with Crippen LogP contribution in [0.4, 0.5) is 39.8 Å². The third-order valence-corrected chi connectivity index (χ3v) is 11.3. The molecule has 318 valence electrons. The van der Waals surface area contributed by atoms with Gasteiger partial charge in [-0.05, 0) is 127 Å². The lowest BCUT2D eigenvalue weighted by molar-refractivity contribution is 0.0923. The third-order valence-electron chi connectivity index (χ3n) is 10.9. The van der Waals surface area contributed by atoms with Crippen LogP contribution in [0.1, 0.15) is 52.6 Å². The number of aromatic hydroxyl groups is 2. The number of hydrogen-bond acceptors (Lipinski definition) is 10. The van der Waals surface area contributed by atoms with Crippen molar-refractivity contribution in [1.29, 1.82) is 0 Å². The number of rotatable bonds is 9. The summed E-state index contributed by atoms with van der Waals surface area (Å²) in [6.45, 7) is 3.60. The maximum Gasteiger partial charge on any atom is 0.266 e. The summed E-state index contributed by atoms with van der Waals surface area (Å²) in [7, 11) is 0. The van der Waals surface area contributed by atoms with E-state index in [0.29, 0.717) is 48.7 Å². The van der Waals surface area contributed by atoms with Crippen LogP contribution in [0.25, 0.3) is 21.5 Å². The van der Waals surface area contributed by atoms with Crippen LogP contribution in [-0.4, -0.2) is 33.8 Å². The van der Waals surface area contributed by atoms with Gasteiger partial charge in [0.05, 0.1) is 39.3 Å². The fourth-order valence-corrected chi connectivity index (χ4v) is 7.96. The summed E-state index contributed by atoms with van der Waals surface area (Å²) >= 11 is 12.2. The van der Waals surface area contributed by atoms with Gasteiger partial charge in [0.25, 0.3) is 23.6 Å². The van der Waals surface area contributed by atoms with Crippen LogP contribution in [-0.2, 0) is 0 Å². The monoisotopic (exact) mass is 897 g/mol. The van der Waals surface area contributed by atoms with Gasteiger partial charge in [-0.2, -0.15) is 10.2 Å². The number of amides is 4. The van der Waals surface area contributed by atoms with E-state index >= 15 is 0 Å². The van der Waals surface area contributed by atoms with Crippen LogP contribution in [0.15, 0.2) is 160 Å². The second kappa shape index (κ2) is 17.1. The molecule has 9 rings (SSSR count). The largest absolute Gasteiger partial charge is 0.505 e. The molecule has 0 spiro atoms. The Hall–Kier alpha value is -8.26. The van der Waals surface area contributed by atoms with Crippen LogP contribution in [0.5, 0.6) is 11.5 Å². The summed E-state index contributed by atoms with van der Waals surface area (Å²) in [4.78, 5) is 55.3. The van der Waals surface area contributed by atoms with E-state index in [0.717, 1.165) is 16.0 Å². The molecule has 8 aromatic rings. The zero-order chi connectivity index (χ0) is 45.5. The highest BCUT2D eigenvalue weighted by molar-refractivity contribution is 6.34. The van der Waals surface area contributed by atoms with E-state index in [1.54, 1.807) is 123 Å². The number of fused-ring (bicyclic) bond motifs is 3. The van der Waals surface area contributed by atoms with E-state index in [1.807, 2.05) is 0 Å². The summed E-state index contributed by atoms with van der Waals surface area (Å²) in [6, 6.07) is 38.0. The van der Waals surface area contributed by atoms with Crippen molar-refractivity contribution < 1.29 is 29.4 Å². The van der Waals surface area contributed by atoms with E-state index in [2.05, 4.69) is 31.1 Å². The van der Waals surface area contributed by atoms with Gasteiger partial charge in [0.15, 0.2) is 11.5 Å². The maximum absolute atomic E-state index is 13.8. The summed E-state index contributed by atoms with van der Waals surface area (Å²) in [5.41, 5.74) is 3.65. The molecule has 0 saturated heterocycles. The minimum Gasteiger partial charge on any atom is -0.505 e. The minimum atomic E-state index is -0.596. The Bertz CT molecular complexity index is 3390. The molecule has 0 radical (unpaired) electrons. The highest BCUT2D eigenvalue weighted by Gasteiger charge is 2.37. The Morgan fingerprint density at radius 1 is 0.523 bits per heavy atom. The molecule has 0 saturated carbocycles. The molecular weight excluding hydrogens is 865 g/mol. The average Bonchev–Trinajstić information content (AvgIpc) is 3.54. The smallest absolute Gasteiger partial charge is 0.266 e. The molecule has 65 heavy (non-hydrogen) atoms. The van der Waals surface area contributed by atoms with Crippen LogP contribution >= 0.6 is 23.2 Å². The lowest BCUT2D eigenvalue weighted by Gasteiger charge is -2.14. The zero-order valence-corrected chi connectivity index (χ0v) is 35.8. The molecule has 1 aliphatic rings. The van der Waals surface area contributed by atoms with Gasteiger partial charge in [-0.1, -0.05) is 71.7 Å². The van der Waals surface area contributed by atoms with E-state index in [4.69, 9.17) is 23.2 Å². The first-order valence-electron chi connectivity index (χ1n) is 20.0. The quantitative estimate of drug-likeness (QED) is 0.0824. The molecular formula is C50H33Cl2N7O6. The number of phenolic OH excluding ortho intramolecular Hbond substituents is 2. The molecule has 0 aromatic heterocycles. The molecule has 0 fully saturated rings. The van der Waals surface area contributed by atoms with Crippen molar-refractivity contribution in [1.82, 2.24) is 0 Å². The fourth-order valence-electron chi connectivity index (χ4n) is 7.51. The number of azo groups is 2. The Morgan fingerprint density at radius 3 is 1.49 bits per heavy atom. The van der Waals surface area contributed by atoms with Gasteiger partial charge in [-0.15, -0.1) is 10.2 Å². The lowest BCUT2D eigenvalue weighted by Crippen LogP contribution is -2.29. The molecule has 1 heterocycles. The topological polar surface area (TPSA) is 185 Å². The van der Waals surface area contributed by atoms with Crippen LogP contribution < -0.4 is 15.5 Å². The molecule has 0 atom stereocenters. The van der Waals surface area contributed by atoms with Crippen molar-refractivity contribution in [2.75, 3.05) is 15.5 Å². The van der Waals surface area contributed by atoms with Crippen molar-refractivity contribution >= 4 is 108 Å². The summed E-state index contributed by atoms with van der Waals surface area (Å²) < 4.78 is 0. The fraction of sp³-hybridized carbons (Fsp3) is 0.0400. The summed E-state index contributed by atoms with van der Waals surface area (Å²) in [5, 5.41) is 49.1. The number of nitrogens with one attached hydrogen (secondary N) is 2. The van der Waals surface area contributed by atoms with Gasteiger partial charge in [-0.25, -0.2) is 4.90 Å². The molecule has 0 bridgehead atoms. The highest BCUT2D eigenvalue weighted by atomic mass is 35.5. The first-order chi connectivity index (χ1) is 31.3. The summed E-state index contributed by atoms with van der Waals surface area (Å²) in [5.74, 6) is -3.05. The van der Waals surface area contributed by atoms with E-state index < -0.39 is 29.4 Å². The number of imide groups is 1. The summed E-state index contributed by atoms with van der Waals surface area (Å²) in [6.07, 6.45) is 0. The second-order valence-electron chi connectivity index (χ2n) is 15.1.